The van der Waals surface area contributed by atoms with Gasteiger partial charge in [0.1, 0.15) is 0 Å². The summed E-state index contributed by atoms with van der Waals surface area (Å²) in [5.41, 5.74) is 1.04. The molecule has 2 unspecified atom stereocenters. The van der Waals surface area contributed by atoms with E-state index in [2.05, 4.69) is 26.0 Å². The minimum atomic E-state index is -2.59. The van der Waals surface area contributed by atoms with Gasteiger partial charge in [0.25, 0.3) is 14.6 Å². The van der Waals surface area contributed by atoms with E-state index in [-0.39, 0.29) is 16.6 Å². The molecule has 4 rings (SSSR count). The fraction of sp³-hybridized carbons (Fsp3) is 0.652. The van der Waals surface area contributed by atoms with Gasteiger partial charge in [-0.15, -0.1) is 11.6 Å². The third kappa shape index (κ3) is 2.76. The summed E-state index contributed by atoms with van der Waals surface area (Å²) in [5.74, 6) is 0.806. The molecule has 0 saturated heterocycles. The van der Waals surface area contributed by atoms with E-state index >= 15 is 0 Å². The first-order chi connectivity index (χ1) is 13.5. The van der Waals surface area contributed by atoms with Crippen molar-refractivity contribution in [3.63, 3.8) is 0 Å². The second-order valence-corrected chi connectivity index (χ2v) is 15.1. The van der Waals surface area contributed by atoms with Crippen molar-refractivity contribution in [2.45, 2.75) is 69.6 Å². The van der Waals surface area contributed by atoms with Crippen LogP contribution < -0.4 is 0 Å². The molecule has 0 aliphatic heterocycles. The summed E-state index contributed by atoms with van der Waals surface area (Å²) in [6.07, 6.45) is 14.0. The molecule has 29 heavy (non-hydrogen) atoms. The van der Waals surface area contributed by atoms with E-state index in [1.807, 2.05) is 25.4 Å². The molecule has 4 aliphatic rings. The first kappa shape index (κ1) is 20.9. The van der Waals surface area contributed by atoms with Gasteiger partial charge < -0.3 is 9.53 Å². The first-order valence-electron chi connectivity index (χ1n) is 10.6. The van der Waals surface area contributed by atoms with Gasteiger partial charge in [-0.25, -0.2) is 0 Å². The van der Waals surface area contributed by atoms with Crippen LogP contribution in [0.1, 0.15) is 46.0 Å². The number of halogens is 1. The van der Waals surface area contributed by atoms with Crippen LogP contribution in [0.15, 0.2) is 35.5 Å². The van der Waals surface area contributed by atoms with E-state index < -0.39 is 18.9 Å². The number of nitriles is 1. The Morgan fingerprint density at radius 1 is 1.38 bits per heavy atom. The number of allylic oxidation sites excluding steroid dienone is 6. The number of aliphatic hydroxyl groups is 1. The van der Waals surface area contributed by atoms with Gasteiger partial charge in [0.15, 0.2) is 5.78 Å². The number of alkyl halides is 1. The van der Waals surface area contributed by atoms with Gasteiger partial charge in [-0.2, -0.15) is 5.26 Å². The molecule has 0 aromatic rings. The first-order valence-corrected chi connectivity index (χ1v) is 14.0. The summed E-state index contributed by atoms with van der Waals surface area (Å²) in [5, 5.41) is 20.4. The van der Waals surface area contributed by atoms with Crippen molar-refractivity contribution in [3.8, 4) is 6.26 Å². The van der Waals surface area contributed by atoms with Crippen LogP contribution in [0.2, 0.25) is 13.1 Å². The van der Waals surface area contributed by atoms with Gasteiger partial charge in [0.05, 0.1) is 10.6 Å². The van der Waals surface area contributed by atoms with Crippen molar-refractivity contribution in [2.75, 3.05) is 0 Å². The van der Waals surface area contributed by atoms with Crippen LogP contribution in [0.3, 0.4) is 0 Å². The molecule has 156 valence electrons. The van der Waals surface area contributed by atoms with Crippen molar-refractivity contribution in [1.82, 2.24) is 0 Å². The third-order valence-electron chi connectivity index (χ3n) is 8.50. The highest BCUT2D eigenvalue weighted by Gasteiger charge is 2.66. The molecule has 4 aliphatic carbocycles. The van der Waals surface area contributed by atoms with E-state index in [0.29, 0.717) is 18.3 Å². The van der Waals surface area contributed by atoms with Crippen molar-refractivity contribution in [3.05, 3.63) is 35.5 Å². The van der Waals surface area contributed by atoms with Crippen LogP contribution in [-0.2, 0) is 9.22 Å². The monoisotopic (exact) mass is 431 g/mol. The summed E-state index contributed by atoms with van der Waals surface area (Å²) in [6.45, 7) is 8.23. The molecule has 2 saturated carbocycles. The van der Waals surface area contributed by atoms with Crippen LogP contribution >= 0.6 is 11.6 Å². The maximum absolute atomic E-state index is 11.9. The molecular formula is C23H30ClNO3Si. The molecule has 0 heterocycles. The van der Waals surface area contributed by atoms with E-state index in [9.17, 15) is 9.90 Å². The van der Waals surface area contributed by atoms with E-state index in [4.69, 9.17) is 21.3 Å². The molecule has 0 spiro atoms. The fourth-order valence-electron chi connectivity index (χ4n) is 6.73. The van der Waals surface area contributed by atoms with Gasteiger partial charge >= 0.3 is 0 Å². The highest BCUT2D eigenvalue weighted by molar-refractivity contribution is 6.80. The Balaban J connectivity index is 1.72. The average molecular weight is 432 g/mol. The Labute approximate surface area is 179 Å². The Kier molecular flexibility index (Phi) is 4.74. The van der Waals surface area contributed by atoms with Crippen molar-refractivity contribution >= 4 is 25.7 Å². The lowest BCUT2D eigenvalue weighted by atomic mass is 9.52. The Bertz CT molecular complexity index is 887. The number of nitrogens with zero attached hydrogens (tertiary/aromatic N) is 1. The van der Waals surface area contributed by atoms with Crippen molar-refractivity contribution < 1.29 is 14.3 Å². The number of carbonyl (C=O) groups excluding carboxylic acids is 1. The van der Waals surface area contributed by atoms with Crippen molar-refractivity contribution in [2.24, 2.45) is 22.7 Å². The molecule has 0 aromatic heterocycles. The smallest absolute Gasteiger partial charge is 0.282 e. The summed E-state index contributed by atoms with van der Waals surface area (Å²) < 4.78 is 5.39. The van der Waals surface area contributed by atoms with Gasteiger partial charge in [-0.05, 0) is 76.1 Å². The Morgan fingerprint density at radius 2 is 2.10 bits per heavy atom. The van der Waals surface area contributed by atoms with E-state index in [1.165, 1.54) is 11.1 Å². The molecule has 0 bridgehead atoms. The number of hydrogen-bond acceptors (Lipinski definition) is 4. The number of fused-ring (bicyclic) bond motifs is 5. The fourth-order valence-corrected chi connectivity index (χ4v) is 9.18. The Morgan fingerprint density at radius 3 is 2.79 bits per heavy atom. The van der Waals surface area contributed by atoms with Crippen LogP contribution in [0.5, 0.6) is 0 Å². The summed E-state index contributed by atoms with van der Waals surface area (Å²) in [6, 6.07) is 0. The summed E-state index contributed by atoms with van der Waals surface area (Å²) in [7, 11) is -2.59. The molecule has 1 N–H and O–H groups in total. The maximum atomic E-state index is 11.9. The lowest BCUT2D eigenvalue weighted by Crippen LogP contribution is -2.62. The molecular weight excluding hydrogens is 402 g/mol. The topological polar surface area (TPSA) is 70.3 Å². The SMILES string of the molecule is C[C@]12C=CC(=O)C=C1CCC1C2=CC[C@@]2(C)C1CC[C@]2(O)[C@H](Cl)[Si](C)(C)OC#N. The largest absolute Gasteiger partial charge is 0.481 e. The van der Waals surface area contributed by atoms with E-state index in [0.717, 1.165) is 25.7 Å². The molecule has 0 radical (unpaired) electrons. The second kappa shape index (κ2) is 6.57. The minimum Gasteiger partial charge on any atom is -0.481 e. The number of hydrogen-bond donors (Lipinski definition) is 1. The van der Waals surface area contributed by atoms with Crippen LogP contribution in [-0.4, -0.2) is 29.8 Å². The van der Waals surface area contributed by atoms with Crippen LogP contribution in [0.4, 0.5) is 0 Å². The number of rotatable bonds is 3. The van der Waals surface area contributed by atoms with Crippen LogP contribution in [0.25, 0.3) is 0 Å². The van der Waals surface area contributed by atoms with Gasteiger partial charge in [-0.1, -0.05) is 30.2 Å². The Hall–Kier alpha value is -1.35. The maximum Gasteiger partial charge on any atom is 0.282 e. The van der Waals surface area contributed by atoms with Gasteiger partial charge in [0, 0.05) is 10.8 Å². The zero-order chi connectivity index (χ0) is 21.2. The lowest BCUT2D eigenvalue weighted by Gasteiger charge is -2.55. The predicted octanol–water partition coefficient (Wildman–Crippen LogP) is 4.79. The quantitative estimate of drug-likeness (QED) is 0.301. The standard InChI is InChI=1S/C23H30ClNO3Si/c1-21-10-7-16(26)13-15(21)5-6-17-18(21)8-11-22(2)19(17)9-12-23(22,27)20(24)29(3,4)28-14-25/h7-8,10,13,17,19-20,27H,5-6,9,11-12H2,1-4H3/t17?,19?,20-,21+,22+,23+/m1/s1. The van der Waals surface area contributed by atoms with Crippen LogP contribution in [0, 0.1) is 34.2 Å². The highest BCUT2D eigenvalue weighted by atomic mass is 35.5. The molecule has 0 aromatic carbocycles. The number of ketones is 1. The lowest BCUT2D eigenvalue weighted by molar-refractivity contribution is -0.110. The number of carbonyl (C=O) groups is 1. The van der Waals surface area contributed by atoms with E-state index in [1.54, 1.807) is 6.08 Å². The highest BCUT2D eigenvalue weighted by Crippen LogP contribution is 2.66. The molecule has 6 heteroatoms. The zero-order valence-electron chi connectivity index (χ0n) is 17.7. The second-order valence-electron chi connectivity index (χ2n) is 10.3. The van der Waals surface area contributed by atoms with Gasteiger partial charge in [0.2, 0.25) is 0 Å². The molecule has 0 amide bonds. The minimum absolute atomic E-state index is 0.0853. The summed E-state index contributed by atoms with van der Waals surface area (Å²) >= 11 is 6.89. The molecule has 2 fully saturated rings. The molecule has 6 atom stereocenters. The normalized spacial score (nSPS) is 42.0. The molecule has 4 nitrogen and oxygen atoms in total. The van der Waals surface area contributed by atoms with Crippen molar-refractivity contribution in [1.29, 1.82) is 5.26 Å². The third-order valence-corrected chi connectivity index (χ3v) is 12.8. The predicted molar refractivity (Wildman–Crippen MR) is 115 cm³/mol. The average Bonchev–Trinajstić information content (AvgIpc) is 2.94. The van der Waals surface area contributed by atoms with Gasteiger partial charge in [-0.3, -0.25) is 4.79 Å². The summed E-state index contributed by atoms with van der Waals surface area (Å²) in [4.78, 5) is 11.9. The zero-order valence-corrected chi connectivity index (χ0v) is 19.4.